The van der Waals surface area contributed by atoms with Crippen LogP contribution >= 0.6 is 0 Å². The normalized spacial score (nSPS) is 27.7. The van der Waals surface area contributed by atoms with Gasteiger partial charge in [0.1, 0.15) is 0 Å². The van der Waals surface area contributed by atoms with E-state index in [2.05, 4.69) is 102 Å². The Labute approximate surface area is 225 Å². The maximum Gasteiger partial charge on any atom is 0.0120 e. The van der Waals surface area contributed by atoms with Crippen LogP contribution in [0, 0.1) is 30.6 Å². The van der Waals surface area contributed by atoms with E-state index in [4.69, 9.17) is 6.58 Å². The third kappa shape index (κ3) is 4.79. The molecule has 4 aliphatic carbocycles. The topological polar surface area (TPSA) is 0 Å². The van der Waals surface area contributed by atoms with Crippen LogP contribution < -0.4 is 0 Å². The summed E-state index contributed by atoms with van der Waals surface area (Å²) in [6.07, 6.45) is 21.9. The largest absolute Gasteiger partial charge is 0.0995 e. The molecular weight excluding hydrogens is 444 g/mol. The van der Waals surface area contributed by atoms with Crippen LogP contribution in [0.25, 0.3) is 11.1 Å². The van der Waals surface area contributed by atoms with E-state index in [0.29, 0.717) is 23.7 Å². The Bertz CT molecular complexity index is 1340. The van der Waals surface area contributed by atoms with E-state index < -0.39 is 0 Å². The molecule has 0 bridgehead atoms. The summed E-state index contributed by atoms with van der Waals surface area (Å²) in [6.45, 7) is 22.4. The highest BCUT2D eigenvalue weighted by Crippen LogP contribution is 2.56. The van der Waals surface area contributed by atoms with Gasteiger partial charge < -0.3 is 0 Å². The van der Waals surface area contributed by atoms with Crippen LogP contribution in [0.3, 0.4) is 0 Å². The third-order valence-corrected chi connectivity index (χ3v) is 8.96. The highest BCUT2D eigenvalue weighted by molar-refractivity contribution is 5.77. The quantitative estimate of drug-likeness (QED) is 0.336. The summed E-state index contributed by atoms with van der Waals surface area (Å²) in [5.74, 6) is 1.92. The summed E-state index contributed by atoms with van der Waals surface area (Å²) < 4.78 is 0. The van der Waals surface area contributed by atoms with Crippen LogP contribution in [-0.4, -0.2) is 0 Å². The van der Waals surface area contributed by atoms with Gasteiger partial charge in [-0.05, 0) is 102 Å². The van der Waals surface area contributed by atoms with Crippen LogP contribution in [0.5, 0.6) is 0 Å². The minimum Gasteiger partial charge on any atom is -0.0995 e. The lowest BCUT2D eigenvalue weighted by molar-refractivity contribution is 0.281. The van der Waals surface area contributed by atoms with Gasteiger partial charge in [-0.1, -0.05) is 117 Å². The van der Waals surface area contributed by atoms with Crippen molar-refractivity contribution in [1.82, 2.24) is 0 Å². The molecule has 1 aromatic rings. The van der Waals surface area contributed by atoms with Crippen molar-refractivity contribution >= 4 is 11.1 Å². The van der Waals surface area contributed by atoms with E-state index in [0.717, 1.165) is 37.7 Å². The number of fused-ring (bicyclic) bond motifs is 1. The molecule has 0 heteroatoms. The smallest absolute Gasteiger partial charge is 0.0120 e. The van der Waals surface area contributed by atoms with Gasteiger partial charge in [0.05, 0.1) is 0 Å². The van der Waals surface area contributed by atoms with Crippen molar-refractivity contribution in [2.24, 2.45) is 23.7 Å². The average Bonchev–Trinajstić information content (AvgIpc) is 3.61. The van der Waals surface area contributed by atoms with Gasteiger partial charge in [0.2, 0.25) is 0 Å². The second kappa shape index (κ2) is 10.3. The second-order valence-electron chi connectivity index (χ2n) is 11.7. The zero-order valence-corrected chi connectivity index (χ0v) is 23.2. The lowest BCUT2D eigenvalue weighted by Gasteiger charge is -2.42. The molecule has 0 aliphatic heterocycles. The van der Waals surface area contributed by atoms with Crippen LogP contribution in [0.2, 0.25) is 0 Å². The molecule has 1 aromatic carbocycles. The summed E-state index contributed by atoms with van der Waals surface area (Å²) >= 11 is 0. The first-order valence-electron chi connectivity index (χ1n) is 14.1. The van der Waals surface area contributed by atoms with Crippen molar-refractivity contribution < 1.29 is 0 Å². The first kappa shape index (κ1) is 25.5. The summed E-state index contributed by atoms with van der Waals surface area (Å²) in [5, 5.41) is 0. The van der Waals surface area contributed by atoms with Crippen molar-refractivity contribution in [1.29, 1.82) is 0 Å². The Morgan fingerprint density at radius 1 is 1.08 bits per heavy atom. The van der Waals surface area contributed by atoms with E-state index >= 15 is 0 Å². The van der Waals surface area contributed by atoms with Crippen molar-refractivity contribution in [3.05, 3.63) is 131 Å². The summed E-state index contributed by atoms with van der Waals surface area (Å²) in [4.78, 5) is 0. The van der Waals surface area contributed by atoms with Gasteiger partial charge >= 0.3 is 0 Å². The predicted octanol–water partition coefficient (Wildman–Crippen LogP) is 10.3. The molecule has 0 aromatic heterocycles. The maximum absolute atomic E-state index is 4.73. The molecule has 5 rings (SSSR count). The number of allylic oxidation sites excluding steroid dienone is 15. The number of hydrogen-bond acceptors (Lipinski definition) is 0. The van der Waals surface area contributed by atoms with E-state index in [1.54, 1.807) is 11.1 Å². The number of hydrogen-bond donors (Lipinski definition) is 0. The van der Waals surface area contributed by atoms with Gasteiger partial charge in [-0.2, -0.15) is 0 Å². The fraction of sp³-hybridized carbons (Fsp3) is 0.351. The first-order valence-corrected chi connectivity index (χ1v) is 14.1. The van der Waals surface area contributed by atoms with Crippen LogP contribution in [0.4, 0.5) is 0 Å². The molecule has 0 heterocycles. The Morgan fingerprint density at radius 3 is 2.59 bits per heavy atom. The van der Waals surface area contributed by atoms with Gasteiger partial charge in [-0.15, -0.1) is 0 Å². The van der Waals surface area contributed by atoms with Crippen molar-refractivity contribution in [2.75, 3.05) is 0 Å². The summed E-state index contributed by atoms with van der Waals surface area (Å²) in [7, 11) is 0. The standard InChI is InChI=1S/C37H42/c1-8-11-25(5)35-26(6)18-33-21-32(27(7)36(33)37(35)29-12-9-10-13-29)20-28-15-17-30(19-28)31-16-14-24(4)34(22-31)23(2)3/h9-10,12,14-18,20,22,26,35-37H,2,5,7-8,11,13,19,21H2,1,3-4,6H3/b32-20-. The minimum absolute atomic E-state index is 0.414. The Hall–Kier alpha value is -3.12. The van der Waals surface area contributed by atoms with Crippen molar-refractivity contribution in [3.63, 3.8) is 0 Å². The molecule has 37 heavy (non-hydrogen) atoms. The Kier molecular flexibility index (Phi) is 7.13. The molecule has 0 saturated heterocycles. The Balaban J connectivity index is 1.39. The number of aryl methyl sites for hydroxylation is 1. The molecule has 4 unspecified atom stereocenters. The lowest BCUT2D eigenvalue weighted by Crippen LogP contribution is -2.34. The number of benzene rings is 1. The zero-order chi connectivity index (χ0) is 26.3. The summed E-state index contributed by atoms with van der Waals surface area (Å²) in [5.41, 5.74) is 15.1. The Morgan fingerprint density at radius 2 is 1.89 bits per heavy atom. The van der Waals surface area contributed by atoms with Crippen LogP contribution in [0.1, 0.15) is 69.6 Å². The second-order valence-corrected chi connectivity index (χ2v) is 11.7. The molecule has 4 atom stereocenters. The lowest BCUT2D eigenvalue weighted by atomic mass is 9.62. The van der Waals surface area contributed by atoms with Crippen molar-refractivity contribution in [3.8, 4) is 0 Å². The first-order chi connectivity index (χ1) is 17.8. The van der Waals surface area contributed by atoms with Gasteiger partial charge in [0, 0.05) is 5.92 Å². The highest BCUT2D eigenvalue weighted by Gasteiger charge is 2.45. The highest BCUT2D eigenvalue weighted by atomic mass is 14.5. The fourth-order valence-corrected chi connectivity index (χ4v) is 7.21. The van der Waals surface area contributed by atoms with E-state index in [9.17, 15) is 0 Å². The van der Waals surface area contributed by atoms with Crippen LogP contribution in [0.15, 0.2) is 114 Å². The molecule has 1 saturated carbocycles. The molecule has 0 nitrogen and oxygen atoms in total. The molecule has 0 radical (unpaired) electrons. The molecule has 0 amide bonds. The third-order valence-electron chi connectivity index (χ3n) is 8.96. The van der Waals surface area contributed by atoms with Crippen LogP contribution in [-0.2, 0) is 0 Å². The van der Waals surface area contributed by atoms with Gasteiger partial charge in [0.25, 0.3) is 0 Å². The number of rotatable bonds is 7. The van der Waals surface area contributed by atoms with Crippen molar-refractivity contribution in [2.45, 2.75) is 59.8 Å². The van der Waals surface area contributed by atoms with Gasteiger partial charge in [-0.25, -0.2) is 0 Å². The monoisotopic (exact) mass is 486 g/mol. The van der Waals surface area contributed by atoms with E-state index in [-0.39, 0.29) is 0 Å². The SMILES string of the molecule is C=C(C)c1cc(C2=CC=C(/C=C3/CC4=CC(C)C(C(=C)CCC)C(C5=CC=CC5)C4C3=C)C2)ccc1C. The molecule has 190 valence electrons. The van der Waals surface area contributed by atoms with E-state index in [1.807, 2.05) is 0 Å². The maximum atomic E-state index is 4.73. The predicted molar refractivity (Wildman–Crippen MR) is 162 cm³/mol. The molecular formula is C37H42. The molecule has 1 fully saturated rings. The summed E-state index contributed by atoms with van der Waals surface area (Å²) in [6, 6.07) is 6.79. The van der Waals surface area contributed by atoms with E-state index in [1.165, 1.54) is 44.6 Å². The van der Waals surface area contributed by atoms with Gasteiger partial charge in [-0.3, -0.25) is 0 Å². The molecule has 0 spiro atoms. The minimum atomic E-state index is 0.414. The van der Waals surface area contributed by atoms with Gasteiger partial charge in [0.15, 0.2) is 0 Å². The zero-order valence-electron chi connectivity index (χ0n) is 23.2. The molecule has 0 N–H and O–H groups in total. The fourth-order valence-electron chi connectivity index (χ4n) is 7.21. The molecule has 4 aliphatic rings. The average molecular weight is 487 g/mol.